The van der Waals surface area contributed by atoms with Crippen LogP contribution in [-0.2, 0) is 0 Å². The zero-order valence-electron chi connectivity index (χ0n) is 11.6. The second-order valence-electron chi connectivity index (χ2n) is 4.38. The highest BCUT2D eigenvalue weighted by molar-refractivity contribution is 5.98. The Balaban J connectivity index is 2.41. The molecule has 0 spiro atoms. The van der Waals surface area contributed by atoms with E-state index in [9.17, 15) is 9.90 Å². The molecule has 0 fully saturated rings. The monoisotopic (exact) mass is 265 g/mol. The van der Waals surface area contributed by atoms with Crippen LogP contribution in [0.25, 0.3) is 0 Å². The Labute approximate surface area is 114 Å². The van der Waals surface area contributed by atoms with Crippen LogP contribution in [0, 0.1) is 0 Å². The van der Waals surface area contributed by atoms with Gasteiger partial charge in [-0.15, -0.1) is 0 Å². The van der Waals surface area contributed by atoms with Crippen molar-refractivity contribution in [3.8, 4) is 5.75 Å². The number of phenols is 1. The molecule has 0 heterocycles. The van der Waals surface area contributed by atoms with Gasteiger partial charge in [-0.05, 0) is 38.2 Å². The van der Waals surface area contributed by atoms with Crippen LogP contribution in [-0.4, -0.2) is 42.1 Å². The molecule has 19 heavy (non-hydrogen) atoms. The minimum atomic E-state index is -0.288. The summed E-state index contributed by atoms with van der Waals surface area (Å²) in [5.74, 6) is -0.437. The van der Waals surface area contributed by atoms with Crippen molar-refractivity contribution in [3.63, 3.8) is 0 Å². The molecule has 0 atom stereocenters. The van der Waals surface area contributed by atoms with Crippen molar-refractivity contribution in [2.75, 3.05) is 31.9 Å². The van der Waals surface area contributed by atoms with E-state index in [0.717, 1.165) is 26.1 Å². The van der Waals surface area contributed by atoms with Crippen LogP contribution in [0.1, 0.15) is 30.6 Å². The number of nitrogens with one attached hydrogen (secondary N) is 1. The lowest BCUT2D eigenvalue weighted by atomic mass is 10.1. The molecule has 0 aliphatic carbocycles. The first-order chi connectivity index (χ1) is 9.10. The van der Waals surface area contributed by atoms with Gasteiger partial charge < -0.3 is 21.1 Å². The second-order valence-corrected chi connectivity index (χ2v) is 4.38. The number of nitrogens with two attached hydrogens (primary N) is 1. The normalized spacial score (nSPS) is 10.7. The summed E-state index contributed by atoms with van der Waals surface area (Å²) in [5, 5.41) is 12.5. The fourth-order valence-corrected chi connectivity index (χ4v) is 1.88. The molecule has 5 heteroatoms. The SMILES string of the molecule is CCN(CC)CCCNC(=O)c1cccc(N)c1O. The molecule has 0 aliphatic rings. The molecule has 1 aromatic carbocycles. The maximum Gasteiger partial charge on any atom is 0.255 e. The second kappa shape index (κ2) is 7.63. The van der Waals surface area contributed by atoms with Crippen molar-refractivity contribution in [1.82, 2.24) is 10.2 Å². The molecule has 5 nitrogen and oxygen atoms in total. The fraction of sp³-hybridized carbons (Fsp3) is 0.500. The number of anilines is 1. The van der Waals surface area contributed by atoms with Gasteiger partial charge in [0.05, 0.1) is 11.3 Å². The van der Waals surface area contributed by atoms with E-state index in [1.54, 1.807) is 18.2 Å². The van der Waals surface area contributed by atoms with Crippen LogP contribution in [0.4, 0.5) is 5.69 Å². The van der Waals surface area contributed by atoms with Crippen molar-refractivity contribution in [1.29, 1.82) is 0 Å². The summed E-state index contributed by atoms with van der Waals surface area (Å²) in [6.07, 6.45) is 0.885. The zero-order chi connectivity index (χ0) is 14.3. The minimum Gasteiger partial charge on any atom is -0.505 e. The van der Waals surface area contributed by atoms with Gasteiger partial charge in [-0.3, -0.25) is 4.79 Å². The number of carbonyl (C=O) groups excluding carboxylic acids is 1. The standard InChI is InChI=1S/C14H23N3O2/c1-3-17(4-2)10-6-9-16-14(19)11-7-5-8-12(15)13(11)18/h5,7-8,18H,3-4,6,9-10,15H2,1-2H3,(H,16,19). The lowest BCUT2D eigenvalue weighted by molar-refractivity contribution is 0.0949. The number of nitrogens with zero attached hydrogens (tertiary/aromatic N) is 1. The summed E-state index contributed by atoms with van der Waals surface area (Å²) < 4.78 is 0. The third kappa shape index (κ3) is 4.44. The zero-order valence-corrected chi connectivity index (χ0v) is 11.6. The van der Waals surface area contributed by atoms with E-state index in [4.69, 9.17) is 5.73 Å². The number of aromatic hydroxyl groups is 1. The van der Waals surface area contributed by atoms with Crippen molar-refractivity contribution in [3.05, 3.63) is 23.8 Å². The highest BCUT2D eigenvalue weighted by Gasteiger charge is 2.12. The summed E-state index contributed by atoms with van der Waals surface area (Å²) >= 11 is 0. The van der Waals surface area contributed by atoms with Gasteiger partial charge >= 0.3 is 0 Å². The smallest absolute Gasteiger partial charge is 0.255 e. The first-order valence-corrected chi connectivity index (χ1v) is 6.68. The van der Waals surface area contributed by atoms with Gasteiger partial charge in [0.15, 0.2) is 5.75 Å². The number of rotatable bonds is 7. The van der Waals surface area contributed by atoms with Gasteiger partial charge in [0, 0.05) is 6.54 Å². The lowest BCUT2D eigenvalue weighted by Crippen LogP contribution is -2.30. The topological polar surface area (TPSA) is 78.6 Å². The van der Waals surface area contributed by atoms with Gasteiger partial charge in [-0.25, -0.2) is 0 Å². The van der Waals surface area contributed by atoms with E-state index in [1.807, 2.05) is 0 Å². The molecule has 0 bridgehead atoms. The number of phenolic OH excluding ortho intramolecular Hbond substituents is 1. The summed E-state index contributed by atoms with van der Waals surface area (Å²) in [5.41, 5.74) is 6.00. The third-order valence-corrected chi connectivity index (χ3v) is 3.14. The molecule has 106 valence electrons. The Morgan fingerprint density at radius 1 is 1.37 bits per heavy atom. The number of hydrogen-bond donors (Lipinski definition) is 3. The van der Waals surface area contributed by atoms with E-state index >= 15 is 0 Å². The van der Waals surface area contributed by atoms with Crippen molar-refractivity contribution in [2.24, 2.45) is 0 Å². The van der Waals surface area contributed by atoms with Crippen LogP contribution in [0.2, 0.25) is 0 Å². The van der Waals surface area contributed by atoms with E-state index < -0.39 is 0 Å². The third-order valence-electron chi connectivity index (χ3n) is 3.14. The van der Waals surface area contributed by atoms with Crippen molar-refractivity contribution < 1.29 is 9.90 Å². The predicted octanol–water partition coefficient (Wildman–Crippen LogP) is 1.44. The summed E-state index contributed by atoms with van der Waals surface area (Å²) in [6, 6.07) is 4.78. The number of para-hydroxylation sites is 1. The van der Waals surface area contributed by atoms with E-state index in [1.165, 1.54) is 0 Å². The van der Waals surface area contributed by atoms with Gasteiger partial charge in [-0.2, -0.15) is 0 Å². The average Bonchev–Trinajstić information content (AvgIpc) is 2.42. The van der Waals surface area contributed by atoms with E-state index in [-0.39, 0.29) is 22.9 Å². The number of nitrogen functional groups attached to an aromatic ring is 1. The van der Waals surface area contributed by atoms with Gasteiger partial charge in [0.25, 0.3) is 5.91 Å². The molecule has 1 amide bonds. The molecule has 0 unspecified atom stereocenters. The first kappa shape index (κ1) is 15.3. The van der Waals surface area contributed by atoms with Crippen LogP contribution in [0.15, 0.2) is 18.2 Å². The van der Waals surface area contributed by atoms with Crippen LogP contribution >= 0.6 is 0 Å². The Bertz CT molecular complexity index is 417. The molecule has 1 rings (SSSR count). The minimum absolute atomic E-state index is 0.149. The molecule has 0 aliphatic heterocycles. The molecule has 0 aromatic heterocycles. The Hall–Kier alpha value is -1.75. The molecule has 1 aromatic rings. The van der Waals surface area contributed by atoms with Gasteiger partial charge in [-0.1, -0.05) is 19.9 Å². The van der Waals surface area contributed by atoms with Gasteiger partial charge in [0.2, 0.25) is 0 Å². The molecule has 0 saturated carbocycles. The van der Waals surface area contributed by atoms with E-state index in [2.05, 4.69) is 24.1 Å². The van der Waals surface area contributed by atoms with Crippen LogP contribution in [0.3, 0.4) is 0 Å². The van der Waals surface area contributed by atoms with Crippen molar-refractivity contribution in [2.45, 2.75) is 20.3 Å². The number of amides is 1. The maximum atomic E-state index is 11.9. The van der Waals surface area contributed by atoms with Crippen LogP contribution in [0.5, 0.6) is 5.75 Å². The largest absolute Gasteiger partial charge is 0.505 e. The molecular formula is C14H23N3O2. The Kier molecular flexibility index (Phi) is 6.15. The average molecular weight is 265 g/mol. The quantitative estimate of drug-likeness (QED) is 0.396. The molecule has 0 saturated heterocycles. The summed E-state index contributed by atoms with van der Waals surface area (Å²) in [4.78, 5) is 14.2. The van der Waals surface area contributed by atoms with E-state index in [0.29, 0.717) is 6.54 Å². The first-order valence-electron chi connectivity index (χ1n) is 6.68. The Morgan fingerprint density at radius 3 is 2.68 bits per heavy atom. The molecule has 0 radical (unpaired) electrons. The fourth-order valence-electron chi connectivity index (χ4n) is 1.88. The van der Waals surface area contributed by atoms with Crippen LogP contribution < -0.4 is 11.1 Å². The number of carbonyl (C=O) groups is 1. The van der Waals surface area contributed by atoms with Crippen molar-refractivity contribution >= 4 is 11.6 Å². The molecular weight excluding hydrogens is 242 g/mol. The number of hydrogen-bond acceptors (Lipinski definition) is 4. The summed E-state index contributed by atoms with van der Waals surface area (Å²) in [6.45, 7) is 7.81. The maximum absolute atomic E-state index is 11.9. The Morgan fingerprint density at radius 2 is 2.05 bits per heavy atom. The highest BCUT2D eigenvalue weighted by atomic mass is 16.3. The number of benzene rings is 1. The highest BCUT2D eigenvalue weighted by Crippen LogP contribution is 2.23. The summed E-state index contributed by atoms with van der Waals surface area (Å²) in [7, 11) is 0. The predicted molar refractivity (Wildman–Crippen MR) is 77.3 cm³/mol. The lowest BCUT2D eigenvalue weighted by Gasteiger charge is -2.17. The molecule has 4 N–H and O–H groups in total. The van der Waals surface area contributed by atoms with Gasteiger partial charge in [0.1, 0.15) is 0 Å².